The van der Waals surface area contributed by atoms with Crippen LogP contribution in [0.1, 0.15) is 148 Å². The minimum absolute atomic E-state index is 0.0172. The van der Waals surface area contributed by atoms with Crippen molar-refractivity contribution in [2.75, 3.05) is 82.6 Å². The van der Waals surface area contributed by atoms with Crippen molar-refractivity contribution >= 4 is 70.9 Å². The smallest absolute Gasteiger partial charge is 0.390 e. The molecule has 0 aromatic heterocycles. The molecular formula is C73H102F8N12O13. The van der Waals surface area contributed by atoms with Crippen LogP contribution in [-0.2, 0) is 70.1 Å². The number of nitrogens with zero attached hydrogens (tertiary/aromatic N) is 9. The van der Waals surface area contributed by atoms with Crippen LogP contribution >= 0.6 is 0 Å². The summed E-state index contributed by atoms with van der Waals surface area (Å²) < 4.78 is 114. The molecule has 12 amide bonds. The second-order valence-electron chi connectivity index (χ2n) is 29.8. The van der Waals surface area contributed by atoms with Crippen LogP contribution in [0.3, 0.4) is 0 Å². The normalized spacial score (nSPS) is 27.2. The van der Waals surface area contributed by atoms with E-state index in [1.54, 1.807) is 39.8 Å². The maximum absolute atomic E-state index is 15.4. The molecule has 3 aliphatic carbocycles. The lowest BCUT2D eigenvalue weighted by atomic mass is 9.74. The highest BCUT2D eigenvalue weighted by Gasteiger charge is 2.54. The van der Waals surface area contributed by atoms with E-state index < -0.39 is 235 Å². The lowest BCUT2D eigenvalue weighted by Gasteiger charge is -2.47. The third kappa shape index (κ3) is 19.8. The molecule has 4 N–H and O–H groups in total. The summed E-state index contributed by atoms with van der Waals surface area (Å²) in [5.74, 6) is -15.8. The largest absolute Gasteiger partial charge is 0.422 e. The highest BCUT2D eigenvalue weighted by atomic mass is 19.4. The minimum Gasteiger partial charge on any atom is -0.390 e. The van der Waals surface area contributed by atoms with Crippen LogP contribution in [0.25, 0.3) is 0 Å². The summed E-state index contributed by atoms with van der Waals surface area (Å²) in [7, 11) is 10.6. The molecule has 106 heavy (non-hydrogen) atoms. The Labute approximate surface area is 612 Å². The van der Waals surface area contributed by atoms with Gasteiger partial charge in [-0.25, -0.2) is 8.78 Å². The zero-order valence-corrected chi connectivity index (χ0v) is 62.3. The third-order valence-electron chi connectivity index (χ3n) is 21.7. The summed E-state index contributed by atoms with van der Waals surface area (Å²) in [5.41, 5.74) is -5.01. The number of hydrogen-bond donors (Lipinski definition) is 4. The Bertz CT molecular complexity index is 3550. The molecule has 10 atom stereocenters. The van der Waals surface area contributed by atoms with E-state index in [9.17, 15) is 65.0 Å². The number of rotatable bonds is 11. The van der Waals surface area contributed by atoms with Crippen molar-refractivity contribution in [1.29, 1.82) is 0 Å². The summed E-state index contributed by atoms with van der Waals surface area (Å²) in [6.45, 7) is 4.76. The SMILES string of the molecule is CC[C@H](C)[C@@H]1NC(=O)[C@H](CC(C)C)N(C)C(=O)C[C@@H](C(=O)N(C)C)N(C)C(=O)[C@H](C2CCCC2)N(C)C(=O)C2(CCC2)NC(=O)[C@@H]2[C@@H](O)CCN2C(=O)[C@H](CCc2cc(F)c(C(F)(F)F)c(F)c2)NC(=O)CN(C)C(=O)[C@H](CC2=CC=C(C(F)(F)F)CC2)N2CC/C=C\C[C@@H](C2=O)N(C)C(=O)CN(C)C1=O. The number of carbonyl (C=O) groups excluding carboxylic acids is 12. The molecule has 0 radical (unpaired) electrons. The van der Waals surface area contributed by atoms with Crippen molar-refractivity contribution in [2.24, 2.45) is 17.8 Å². The number of aliphatic hydroxyl groups is 1. The minimum atomic E-state index is -5.47. The molecule has 7 rings (SSSR count). The van der Waals surface area contributed by atoms with Crippen LogP contribution in [0.4, 0.5) is 35.1 Å². The molecule has 25 nitrogen and oxygen atoms in total. The van der Waals surface area contributed by atoms with Gasteiger partial charge >= 0.3 is 12.4 Å². The maximum atomic E-state index is 15.4. The number of alkyl halides is 6. The van der Waals surface area contributed by atoms with E-state index in [0.29, 0.717) is 50.7 Å². The molecule has 588 valence electrons. The Kier molecular flexibility index (Phi) is 28.4. The topological polar surface area (TPSA) is 290 Å². The van der Waals surface area contributed by atoms with Gasteiger partial charge in [0.2, 0.25) is 70.9 Å². The predicted molar refractivity (Wildman–Crippen MR) is 370 cm³/mol. The Hall–Kier alpha value is -8.52. The lowest BCUT2D eigenvalue weighted by molar-refractivity contribution is -0.158. The first-order valence-electron chi connectivity index (χ1n) is 36.2. The van der Waals surface area contributed by atoms with Crippen LogP contribution in [-0.4, -0.2) is 269 Å². The Morgan fingerprint density at radius 3 is 1.86 bits per heavy atom. The summed E-state index contributed by atoms with van der Waals surface area (Å²) in [5, 5.41) is 19.7. The lowest BCUT2D eigenvalue weighted by Crippen LogP contribution is -2.69. The van der Waals surface area contributed by atoms with E-state index in [1.807, 2.05) is 0 Å². The van der Waals surface area contributed by atoms with E-state index in [0.717, 1.165) is 47.4 Å². The average Bonchev–Trinajstić information content (AvgIpc) is 1.22. The molecule has 4 fully saturated rings. The Morgan fingerprint density at radius 2 is 1.30 bits per heavy atom. The fourth-order valence-corrected chi connectivity index (χ4v) is 15.0. The summed E-state index contributed by atoms with van der Waals surface area (Å²) in [6.07, 6.45) is -7.15. The number of halogens is 8. The molecule has 3 aliphatic heterocycles. The van der Waals surface area contributed by atoms with Crippen LogP contribution in [0, 0.1) is 29.4 Å². The molecular weight excluding hydrogens is 1400 g/mol. The molecule has 0 unspecified atom stereocenters. The van der Waals surface area contributed by atoms with Gasteiger partial charge in [0, 0.05) is 75.0 Å². The van der Waals surface area contributed by atoms with Crippen molar-refractivity contribution in [3.8, 4) is 0 Å². The molecule has 1 aromatic carbocycles. The number of benzene rings is 1. The van der Waals surface area contributed by atoms with Crippen molar-refractivity contribution in [2.45, 2.75) is 216 Å². The quantitative estimate of drug-likeness (QED) is 0.167. The highest BCUT2D eigenvalue weighted by Crippen LogP contribution is 2.40. The summed E-state index contributed by atoms with van der Waals surface area (Å²) >= 11 is 0. The zero-order valence-electron chi connectivity index (χ0n) is 62.3. The van der Waals surface area contributed by atoms with Gasteiger partial charge in [0.25, 0.3) is 0 Å². The van der Waals surface area contributed by atoms with Crippen LogP contribution in [0.15, 0.2) is 47.6 Å². The Balaban J connectivity index is 1.33. The number of amides is 12. The first kappa shape index (κ1) is 84.7. The van der Waals surface area contributed by atoms with Gasteiger partial charge in [-0.3, -0.25) is 57.5 Å². The highest BCUT2D eigenvalue weighted by molar-refractivity contribution is 6.01. The van der Waals surface area contributed by atoms with Gasteiger partial charge in [-0.05, 0) is 125 Å². The van der Waals surface area contributed by atoms with Crippen molar-refractivity contribution < 1.29 is 97.8 Å². The third-order valence-corrected chi connectivity index (χ3v) is 21.7. The monoisotopic (exact) mass is 1510 g/mol. The van der Waals surface area contributed by atoms with E-state index >= 15 is 32.8 Å². The van der Waals surface area contributed by atoms with Crippen LogP contribution in [0.2, 0.25) is 0 Å². The molecule has 2 saturated carbocycles. The van der Waals surface area contributed by atoms with Gasteiger partial charge in [0.1, 0.15) is 71.1 Å². The first-order chi connectivity index (χ1) is 49.5. The summed E-state index contributed by atoms with van der Waals surface area (Å²) in [4.78, 5) is 189. The number of likely N-dealkylation sites (N-methyl/N-ethyl adjacent to an activating group) is 7. The van der Waals surface area contributed by atoms with Crippen LogP contribution in [0.5, 0.6) is 0 Å². The van der Waals surface area contributed by atoms with Crippen molar-refractivity contribution in [3.05, 3.63) is 70.3 Å². The van der Waals surface area contributed by atoms with Crippen molar-refractivity contribution in [1.82, 2.24) is 60.0 Å². The van der Waals surface area contributed by atoms with E-state index in [4.69, 9.17) is 0 Å². The van der Waals surface area contributed by atoms with Gasteiger partial charge < -0.3 is 65.2 Å². The number of hydrogen-bond acceptors (Lipinski definition) is 13. The van der Waals surface area contributed by atoms with Gasteiger partial charge in [0.05, 0.1) is 25.6 Å². The van der Waals surface area contributed by atoms with Gasteiger partial charge in [-0.1, -0.05) is 76.8 Å². The first-order valence-corrected chi connectivity index (χ1v) is 36.2. The number of aliphatic hydroxyl groups excluding tert-OH is 1. The number of fused-ring (bicyclic) bond motifs is 3. The summed E-state index contributed by atoms with van der Waals surface area (Å²) in [6, 6.07) is -11.5. The Morgan fingerprint density at radius 1 is 0.670 bits per heavy atom. The maximum Gasteiger partial charge on any atom is 0.422 e. The van der Waals surface area contributed by atoms with E-state index in [1.165, 1.54) is 65.2 Å². The molecule has 2 saturated heterocycles. The van der Waals surface area contributed by atoms with E-state index in [2.05, 4.69) is 16.0 Å². The van der Waals surface area contributed by atoms with E-state index in [-0.39, 0.29) is 63.0 Å². The van der Waals surface area contributed by atoms with Crippen LogP contribution < -0.4 is 16.0 Å². The molecule has 2 bridgehead atoms. The number of aryl methyl sites for hydroxylation is 1. The molecule has 6 aliphatic rings. The fraction of sp³-hybridized carbons (Fsp3) is 0.671. The second-order valence-corrected chi connectivity index (χ2v) is 29.8. The van der Waals surface area contributed by atoms with Gasteiger partial charge in [-0.2, -0.15) is 26.3 Å². The molecule has 1 spiro atoms. The second kappa shape index (κ2) is 35.5. The van der Waals surface area contributed by atoms with Gasteiger partial charge in [0.15, 0.2) is 0 Å². The molecule has 33 heteroatoms. The number of nitrogens with one attached hydrogen (secondary N) is 3. The van der Waals surface area contributed by atoms with Gasteiger partial charge in [-0.15, -0.1) is 0 Å². The van der Waals surface area contributed by atoms with Crippen molar-refractivity contribution in [3.63, 3.8) is 0 Å². The number of allylic oxidation sites excluding steroid dienone is 3. The number of carbonyl (C=O) groups is 12. The molecule has 1 aromatic rings. The fourth-order valence-electron chi connectivity index (χ4n) is 15.0. The predicted octanol–water partition coefficient (Wildman–Crippen LogP) is 5.03. The molecule has 3 heterocycles. The zero-order chi connectivity index (χ0) is 78.9. The average molecular weight is 1510 g/mol. The standard InChI is InChI=1S/C73H102F8N12O13/c1-13-42(4)59-68(104)87(8)40-57(97)88(9)50-22-15-14-18-32-92(67(50)103)53(37-43-23-26-46(27-24-43)72(76,77)78)66(102)86(7)39-55(95)82-49(28-25-44-35-47(74)58(48(75)36-44)73(79,80)81)64(100)93-33-29-54(94)61(93)63(99)84-71(30-19-31-71)70(106)91(12)60(45-20-16-17-21-45)69(105)90(11)52(65(101)85(5)6)38-56(96)89(10)51(34-41(2)3)62(98)83-59/h14-15,23,26,35-36,41-42,45,49-54,59-61,94H,13,16-22,24-25,27-34,37-40H2,1-12H3,(H,82,95)(H,83,98)(H,84,99)/b15-14-/t42-,49-,50-,51-,52-,53-,54-,59-,60-,61-/m0/s1.